The van der Waals surface area contributed by atoms with Gasteiger partial charge in [-0.2, -0.15) is 0 Å². The van der Waals surface area contributed by atoms with E-state index >= 15 is 0 Å². The smallest absolute Gasteiger partial charge is 0.328 e. The Morgan fingerprint density at radius 1 is 1.00 bits per heavy atom. The Balaban J connectivity index is 2.97. The topological polar surface area (TPSA) is 162 Å². The van der Waals surface area contributed by atoms with E-state index in [4.69, 9.17) is 10.8 Å². The fraction of sp³-hybridized carbons (Fsp3) is 0.471. The standard InChI is InChI=1S/C17H25N3O6/c1-9(21)13(18)16(24)19-12(8-11-6-4-3-5-7-11)15(23)20-14(10(2)22)17(25)26/h3-7,9-10,12-14,21-22H,8,18H2,1-2H3,(H,19,24)(H,20,23)(H,25,26)/t9-,10-,12+,13+,14+/m1/s1. The summed E-state index contributed by atoms with van der Waals surface area (Å²) in [6, 6.07) is 4.88. The van der Waals surface area contributed by atoms with Crippen LogP contribution in [0.1, 0.15) is 19.4 Å². The quantitative estimate of drug-likeness (QED) is 0.305. The van der Waals surface area contributed by atoms with Crippen LogP contribution in [0.15, 0.2) is 30.3 Å². The van der Waals surface area contributed by atoms with Gasteiger partial charge in [0, 0.05) is 6.42 Å². The normalized spacial score (nSPS) is 16.7. The van der Waals surface area contributed by atoms with Crippen LogP contribution in [-0.4, -0.2) is 63.4 Å². The monoisotopic (exact) mass is 367 g/mol. The van der Waals surface area contributed by atoms with Crippen molar-refractivity contribution in [2.45, 2.75) is 50.6 Å². The number of nitrogens with two attached hydrogens (primary N) is 1. The zero-order valence-corrected chi connectivity index (χ0v) is 14.6. The Kier molecular flexibility index (Phi) is 8.17. The molecular formula is C17H25N3O6. The van der Waals surface area contributed by atoms with Gasteiger partial charge in [0.05, 0.1) is 12.2 Å². The first-order chi connectivity index (χ1) is 12.1. The van der Waals surface area contributed by atoms with E-state index in [2.05, 4.69) is 10.6 Å². The summed E-state index contributed by atoms with van der Waals surface area (Å²) in [4.78, 5) is 35.8. The molecule has 7 N–H and O–H groups in total. The summed E-state index contributed by atoms with van der Waals surface area (Å²) >= 11 is 0. The van der Waals surface area contributed by atoms with E-state index in [0.717, 1.165) is 5.56 Å². The number of aliphatic hydroxyl groups is 2. The van der Waals surface area contributed by atoms with Crippen molar-refractivity contribution in [3.63, 3.8) is 0 Å². The molecule has 1 aromatic carbocycles. The van der Waals surface area contributed by atoms with Gasteiger partial charge in [0.25, 0.3) is 0 Å². The van der Waals surface area contributed by atoms with Crippen molar-refractivity contribution < 1.29 is 29.7 Å². The van der Waals surface area contributed by atoms with Gasteiger partial charge < -0.3 is 31.7 Å². The highest BCUT2D eigenvalue weighted by atomic mass is 16.4. The van der Waals surface area contributed by atoms with Gasteiger partial charge >= 0.3 is 5.97 Å². The third kappa shape index (κ3) is 6.43. The van der Waals surface area contributed by atoms with E-state index in [0.29, 0.717) is 0 Å². The number of hydrogen-bond acceptors (Lipinski definition) is 6. The predicted molar refractivity (Wildman–Crippen MR) is 93.0 cm³/mol. The van der Waals surface area contributed by atoms with Crippen molar-refractivity contribution in [3.05, 3.63) is 35.9 Å². The van der Waals surface area contributed by atoms with Crippen molar-refractivity contribution in [3.8, 4) is 0 Å². The predicted octanol–water partition coefficient (Wildman–Crippen LogP) is -1.63. The summed E-state index contributed by atoms with van der Waals surface area (Å²) in [5.41, 5.74) is 6.30. The number of carboxylic acid groups (broad SMARTS) is 1. The molecule has 2 amide bonds. The Bertz CT molecular complexity index is 620. The highest BCUT2D eigenvalue weighted by Gasteiger charge is 2.31. The van der Waals surface area contributed by atoms with Gasteiger partial charge in [-0.25, -0.2) is 4.79 Å². The first-order valence-corrected chi connectivity index (χ1v) is 8.12. The molecule has 144 valence electrons. The van der Waals surface area contributed by atoms with E-state index in [-0.39, 0.29) is 6.42 Å². The van der Waals surface area contributed by atoms with Crippen LogP contribution < -0.4 is 16.4 Å². The number of nitrogens with one attached hydrogen (secondary N) is 2. The molecule has 0 saturated carbocycles. The molecule has 0 fully saturated rings. The van der Waals surface area contributed by atoms with Gasteiger partial charge in [0.1, 0.15) is 12.1 Å². The molecule has 0 spiro atoms. The second-order valence-electron chi connectivity index (χ2n) is 6.08. The molecule has 0 heterocycles. The lowest BCUT2D eigenvalue weighted by Crippen LogP contribution is -2.58. The van der Waals surface area contributed by atoms with Crippen LogP contribution in [0.3, 0.4) is 0 Å². The van der Waals surface area contributed by atoms with Crippen LogP contribution in [-0.2, 0) is 20.8 Å². The Morgan fingerprint density at radius 3 is 2.04 bits per heavy atom. The van der Waals surface area contributed by atoms with Gasteiger partial charge in [-0.05, 0) is 19.4 Å². The zero-order valence-electron chi connectivity index (χ0n) is 14.6. The average Bonchev–Trinajstić information content (AvgIpc) is 2.58. The highest BCUT2D eigenvalue weighted by molar-refractivity contribution is 5.92. The van der Waals surface area contributed by atoms with Crippen LogP contribution in [0, 0.1) is 0 Å². The molecule has 0 aromatic heterocycles. The van der Waals surface area contributed by atoms with E-state index < -0.39 is 48.1 Å². The molecule has 1 aromatic rings. The number of amides is 2. The number of aliphatic carboxylic acids is 1. The molecule has 0 aliphatic heterocycles. The maximum atomic E-state index is 12.5. The first-order valence-electron chi connectivity index (χ1n) is 8.12. The fourth-order valence-corrected chi connectivity index (χ4v) is 2.19. The molecular weight excluding hydrogens is 342 g/mol. The number of carboxylic acids is 1. The summed E-state index contributed by atoms with van der Waals surface area (Å²) in [7, 11) is 0. The number of benzene rings is 1. The lowest BCUT2D eigenvalue weighted by Gasteiger charge is -2.24. The minimum absolute atomic E-state index is 0.0804. The summed E-state index contributed by atoms with van der Waals surface area (Å²) < 4.78 is 0. The Labute approximate surface area is 151 Å². The molecule has 9 nitrogen and oxygen atoms in total. The first kappa shape index (κ1) is 21.6. The van der Waals surface area contributed by atoms with E-state index in [1.807, 2.05) is 0 Å². The van der Waals surface area contributed by atoms with E-state index in [1.165, 1.54) is 13.8 Å². The minimum atomic E-state index is -1.52. The molecule has 0 aliphatic carbocycles. The third-order valence-corrected chi connectivity index (χ3v) is 3.78. The van der Waals surface area contributed by atoms with Gasteiger partial charge in [0.15, 0.2) is 6.04 Å². The van der Waals surface area contributed by atoms with E-state index in [1.54, 1.807) is 30.3 Å². The summed E-state index contributed by atoms with van der Waals surface area (Å²) in [6.07, 6.45) is -2.37. The van der Waals surface area contributed by atoms with Crippen LogP contribution in [0.4, 0.5) is 0 Å². The van der Waals surface area contributed by atoms with Crippen molar-refractivity contribution in [2.75, 3.05) is 0 Å². The summed E-state index contributed by atoms with van der Waals surface area (Å²) in [5, 5.41) is 32.7. The SMILES string of the molecule is C[C@@H](O)[C@H](N)C(=O)N[C@@H](Cc1ccccc1)C(=O)N[C@H](C(=O)O)[C@@H](C)O. The van der Waals surface area contributed by atoms with Gasteiger partial charge in [-0.1, -0.05) is 30.3 Å². The number of rotatable bonds is 9. The van der Waals surface area contributed by atoms with Crippen molar-refractivity contribution in [1.29, 1.82) is 0 Å². The third-order valence-electron chi connectivity index (χ3n) is 3.78. The zero-order chi connectivity index (χ0) is 19.9. The van der Waals surface area contributed by atoms with Crippen LogP contribution >= 0.6 is 0 Å². The highest BCUT2D eigenvalue weighted by Crippen LogP contribution is 2.05. The van der Waals surface area contributed by atoms with Crippen LogP contribution in [0.2, 0.25) is 0 Å². The van der Waals surface area contributed by atoms with E-state index in [9.17, 15) is 24.6 Å². The van der Waals surface area contributed by atoms with Crippen molar-refractivity contribution in [2.24, 2.45) is 5.73 Å². The molecule has 0 bridgehead atoms. The molecule has 0 unspecified atom stereocenters. The molecule has 1 rings (SSSR count). The van der Waals surface area contributed by atoms with Crippen LogP contribution in [0.25, 0.3) is 0 Å². The lowest BCUT2D eigenvalue weighted by atomic mass is 10.0. The molecule has 9 heteroatoms. The Hall–Kier alpha value is -2.49. The molecule has 26 heavy (non-hydrogen) atoms. The Morgan fingerprint density at radius 2 is 1.58 bits per heavy atom. The average molecular weight is 367 g/mol. The second-order valence-corrected chi connectivity index (χ2v) is 6.08. The molecule has 5 atom stereocenters. The van der Waals surface area contributed by atoms with Gasteiger partial charge in [-0.3, -0.25) is 9.59 Å². The maximum absolute atomic E-state index is 12.5. The van der Waals surface area contributed by atoms with Crippen molar-refractivity contribution >= 4 is 17.8 Å². The number of carbonyl (C=O) groups excluding carboxylic acids is 2. The lowest BCUT2D eigenvalue weighted by molar-refractivity contribution is -0.145. The molecule has 0 aliphatic rings. The van der Waals surface area contributed by atoms with Gasteiger partial charge in [-0.15, -0.1) is 0 Å². The van der Waals surface area contributed by atoms with Gasteiger partial charge in [0.2, 0.25) is 11.8 Å². The maximum Gasteiger partial charge on any atom is 0.328 e. The number of carbonyl (C=O) groups is 3. The van der Waals surface area contributed by atoms with Crippen molar-refractivity contribution in [1.82, 2.24) is 10.6 Å². The summed E-state index contributed by atoms with van der Waals surface area (Å²) in [6.45, 7) is 2.57. The minimum Gasteiger partial charge on any atom is -0.480 e. The largest absolute Gasteiger partial charge is 0.480 e. The van der Waals surface area contributed by atoms with Crippen LogP contribution in [0.5, 0.6) is 0 Å². The molecule has 0 radical (unpaired) electrons. The molecule has 0 saturated heterocycles. The summed E-state index contributed by atoms with van der Waals surface area (Å²) in [5.74, 6) is -2.94. The number of hydrogen-bond donors (Lipinski definition) is 6. The fourth-order valence-electron chi connectivity index (χ4n) is 2.19. The second kappa shape index (κ2) is 9.85. The number of aliphatic hydroxyl groups excluding tert-OH is 2.